The van der Waals surface area contributed by atoms with Crippen molar-refractivity contribution in [2.24, 2.45) is 0 Å². The van der Waals surface area contributed by atoms with Crippen LogP contribution in [0.1, 0.15) is 0 Å². The number of rotatable bonds is 0. The summed E-state index contributed by atoms with van der Waals surface area (Å²) in [7, 11) is -11.2. The van der Waals surface area contributed by atoms with Gasteiger partial charge in [-0.3, -0.25) is 0 Å². The SMILES string of the molecule is [O-][Si]([O-])([O-])[O-].[O-][Si]([O-])([O-])[O-].[U+6].[U+6].[U+6].[U+6]. The van der Waals surface area contributed by atoms with Gasteiger partial charge in [0, 0.05) is 0 Å². The molecular weight excluding hydrogens is 1140 g/mol. The van der Waals surface area contributed by atoms with Gasteiger partial charge in [0.1, 0.15) is 0 Å². The van der Waals surface area contributed by atoms with Crippen molar-refractivity contribution in [2.75, 3.05) is 0 Å². The summed E-state index contributed by atoms with van der Waals surface area (Å²) in [6.45, 7) is 0. The van der Waals surface area contributed by atoms with E-state index in [0.29, 0.717) is 0 Å². The van der Waals surface area contributed by atoms with Gasteiger partial charge in [-0.1, -0.05) is 0 Å². The Kier molecular flexibility index (Phi) is 44.8. The van der Waals surface area contributed by atoms with E-state index in [-0.39, 0.29) is 124 Å². The van der Waals surface area contributed by atoms with Crippen LogP contribution in [0.3, 0.4) is 0 Å². The van der Waals surface area contributed by atoms with Crippen LogP contribution in [-0.2, 0) is 0 Å². The van der Waals surface area contributed by atoms with E-state index in [9.17, 15) is 0 Å². The predicted octanol–water partition coefficient (Wildman–Crippen LogP) is -10.3. The van der Waals surface area contributed by atoms with E-state index in [4.69, 9.17) is 38.4 Å². The zero-order valence-electron chi connectivity index (χ0n) is 6.27. The van der Waals surface area contributed by atoms with Gasteiger partial charge in [0.2, 0.25) is 0 Å². The minimum absolute atomic E-state index is 0. The molecule has 0 radical (unpaired) electrons. The molecule has 56 valence electrons. The van der Waals surface area contributed by atoms with Gasteiger partial charge in [-0.05, 0) is 0 Å². The van der Waals surface area contributed by atoms with Crippen molar-refractivity contribution < 1.29 is 163 Å². The van der Waals surface area contributed by atoms with Crippen molar-refractivity contribution >= 4 is 18.1 Å². The van der Waals surface area contributed by atoms with Crippen LogP contribution in [0.2, 0.25) is 0 Å². The number of hydrogen-bond acceptors (Lipinski definition) is 8. The predicted molar refractivity (Wildman–Crippen MR) is 11.5 cm³/mol. The zero-order chi connectivity index (χ0) is 9.00. The maximum absolute atomic E-state index is 8.58. The second kappa shape index (κ2) is 17.3. The fraction of sp³-hybridized carbons (Fsp3) is 0. The Labute approximate surface area is 177 Å². The Morgan fingerprint density at radius 3 is 0.357 bits per heavy atom. The molecule has 0 saturated heterocycles. The molecular formula is O8Si2U4+16. The third-order valence-electron chi connectivity index (χ3n) is 0. The van der Waals surface area contributed by atoms with E-state index in [0.717, 1.165) is 0 Å². The van der Waals surface area contributed by atoms with Crippen molar-refractivity contribution in [1.82, 2.24) is 0 Å². The van der Waals surface area contributed by atoms with E-state index in [1.807, 2.05) is 0 Å². The molecule has 0 atom stereocenters. The molecule has 14 heteroatoms. The van der Waals surface area contributed by atoms with Gasteiger partial charge in [-0.25, -0.2) is 0 Å². The molecule has 0 N–H and O–H groups in total. The molecule has 0 unspecified atom stereocenters. The molecule has 0 aliphatic rings. The van der Waals surface area contributed by atoms with Crippen molar-refractivity contribution in [2.45, 2.75) is 0 Å². The smallest absolute Gasteiger partial charge is 0.894 e. The van der Waals surface area contributed by atoms with E-state index in [2.05, 4.69) is 0 Å². The largest absolute Gasteiger partial charge is 6.00 e. The van der Waals surface area contributed by atoms with E-state index < -0.39 is 18.1 Å². The normalized spacial score (nSPS) is 8.57. The topological polar surface area (TPSA) is 184 Å². The van der Waals surface area contributed by atoms with Crippen LogP contribution < -0.4 is 38.4 Å². The summed E-state index contributed by atoms with van der Waals surface area (Å²) in [4.78, 5) is 68.6. The Morgan fingerprint density at radius 1 is 0.357 bits per heavy atom. The van der Waals surface area contributed by atoms with Gasteiger partial charge in [0.05, 0.1) is 0 Å². The first-order chi connectivity index (χ1) is 4.00. The van der Waals surface area contributed by atoms with Crippen molar-refractivity contribution in [3.05, 3.63) is 0 Å². The summed E-state index contributed by atoms with van der Waals surface area (Å²) in [6, 6.07) is 0. The molecule has 0 spiro atoms. The molecule has 0 aromatic carbocycles. The second-order valence-electron chi connectivity index (χ2n) is 1.00. The third-order valence-corrected chi connectivity index (χ3v) is 0. The fourth-order valence-electron chi connectivity index (χ4n) is 0. The Balaban J connectivity index is -0.0000000178. The van der Waals surface area contributed by atoms with Gasteiger partial charge >= 0.3 is 124 Å². The van der Waals surface area contributed by atoms with Gasteiger partial charge in [0.25, 0.3) is 0 Å². The first kappa shape index (κ1) is 36.2. The van der Waals surface area contributed by atoms with Crippen molar-refractivity contribution in [3.63, 3.8) is 0 Å². The summed E-state index contributed by atoms with van der Waals surface area (Å²) in [5.74, 6) is 0. The zero-order valence-corrected chi connectivity index (χ0v) is 24.9. The van der Waals surface area contributed by atoms with E-state index >= 15 is 0 Å². The van der Waals surface area contributed by atoms with Gasteiger partial charge in [-0.15, -0.1) is 0 Å². The molecule has 0 aromatic rings. The minimum Gasteiger partial charge on any atom is -0.894 e. The van der Waals surface area contributed by atoms with Gasteiger partial charge in [0.15, 0.2) is 0 Å². The summed E-state index contributed by atoms with van der Waals surface area (Å²) < 4.78 is 0. The first-order valence-corrected chi connectivity index (χ1v) is 4.90. The molecule has 0 aromatic heterocycles. The molecule has 0 aliphatic carbocycles. The third kappa shape index (κ3) is 205. The van der Waals surface area contributed by atoms with Crippen LogP contribution >= 0.6 is 0 Å². The van der Waals surface area contributed by atoms with Gasteiger partial charge < -0.3 is 56.5 Å². The summed E-state index contributed by atoms with van der Waals surface area (Å²) in [5.41, 5.74) is 0. The molecule has 14 heavy (non-hydrogen) atoms. The Hall–Kier alpha value is 4.32. The average Bonchev–Trinajstić information content (AvgIpc) is 1.12. The molecule has 0 bridgehead atoms. The Bertz CT molecular complexity index is 62.3. The monoisotopic (exact) mass is 1140 g/mol. The molecule has 0 aliphatic heterocycles. The summed E-state index contributed by atoms with van der Waals surface area (Å²) in [5, 5.41) is 0. The molecule has 0 rings (SSSR count). The molecule has 0 fully saturated rings. The van der Waals surface area contributed by atoms with Crippen LogP contribution in [0.25, 0.3) is 0 Å². The summed E-state index contributed by atoms with van der Waals surface area (Å²) in [6.07, 6.45) is 0. The molecule has 0 heterocycles. The first-order valence-electron chi connectivity index (χ1n) is 1.63. The standard InChI is InChI=1S/2O4Si.4U/c2*1-5(2,3)4;;;;/q2*-4;4*+6. The van der Waals surface area contributed by atoms with Crippen LogP contribution in [0, 0.1) is 124 Å². The molecule has 0 saturated carbocycles. The second-order valence-corrected chi connectivity index (χ2v) is 3.00. The maximum atomic E-state index is 8.58. The van der Waals surface area contributed by atoms with Crippen LogP contribution in [0.5, 0.6) is 0 Å². The van der Waals surface area contributed by atoms with Crippen molar-refractivity contribution in [1.29, 1.82) is 0 Å². The Morgan fingerprint density at radius 2 is 0.357 bits per heavy atom. The van der Waals surface area contributed by atoms with Crippen LogP contribution in [0.4, 0.5) is 0 Å². The summed E-state index contributed by atoms with van der Waals surface area (Å²) >= 11 is 0. The maximum Gasteiger partial charge on any atom is 6.00 e. The van der Waals surface area contributed by atoms with Crippen LogP contribution in [0.15, 0.2) is 0 Å². The van der Waals surface area contributed by atoms with Gasteiger partial charge in [-0.2, -0.15) is 0 Å². The van der Waals surface area contributed by atoms with E-state index in [1.165, 1.54) is 0 Å². The molecule has 0 amide bonds. The molecule has 8 nitrogen and oxygen atoms in total. The fourth-order valence-corrected chi connectivity index (χ4v) is 0. The van der Waals surface area contributed by atoms with Crippen molar-refractivity contribution in [3.8, 4) is 0 Å². The quantitative estimate of drug-likeness (QED) is 0.215. The minimum atomic E-state index is -5.61. The average molecular weight is 1140 g/mol. The van der Waals surface area contributed by atoms with E-state index in [1.54, 1.807) is 0 Å². The number of hydrogen-bond donors (Lipinski definition) is 0. The van der Waals surface area contributed by atoms with Crippen LogP contribution in [-0.4, -0.2) is 18.1 Å².